The first kappa shape index (κ1) is 15.9. The maximum Gasteiger partial charge on any atom is 0.264 e. The minimum Gasteiger partial charge on any atom is -0.483 e. The van der Waals surface area contributed by atoms with Crippen molar-refractivity contribution in [2.24, 2.45) is 0 Å². The molecule has 2 aromatic carbocycles. The summed E-state index contributed by atoms with van der Waals surface area (Å²) in [5, 5.41) is 0. The van der Waals surface area contributed by atoms with Crippen molar-refractivity contribution >= 4 is 23.4 Å². The van der Waals surface area contributed by atoms with Gasteiger partial charge in [0.25, 0.3) is 5.91 Å². The fourth-order valence-corrected chi connectivity index (χ4v) is 3.66. The maximum absolute atomic E-state index is 12.7. The Kier molecular flexibility index (Phi) is 4.91. The van der Waals surface area contributed by atoms with E-state index in [1.54, 1.807) is 0 Å². The van der Waals surface area contributed by atoms with E-state index in [0.717, 1.165) is 41.3 Å². The molecule has 0 bridgehead atoms. The number of fused-ring (bicyclic) bond motifs is 1. The van der Waals surface area contributed by atoms with E-state index in [1.165, 1.54) is 4.90 Å². The van der Waals surface area contributed by atoms with Gasteiger partial charge in [0.15, 0.2) is 6.61 Å². The zero-order chi connectivity index (χ0) is 16.2. The summed E-state index contributed by atoms with van der Waals surface area (Å²) in [6, 6.07) is 14.2. The van der Waals surface area contributed by atoms with Gasteiger partial charge in [-0.15, -0.1) is 11.8 Å². The molecule has 0 atom stereocenters. The van der Waals surface area contributed by atoms with Crippen LogP contribution in [0.1, 0.15) is 17.5 Å². The number of aryl methyl sites for hydroxylation is 2. The number of para-hydroxylation sites is 1. The Hall–Kier alpha value is -1.94. The molecule has 3 rings (SSSR count). The minimum atomic E-state index is 0.0147. The molecule has 0 aromatic heterocycles. The third-order valence-corrected chi connectivity index (χ3v) is 5.08. The summed E-state index contributed by atoms with van der Waals surface area (Å²) >= 11 is 1.81. The first-order valence-electron chi connectivity index (χ1n) is 7.87. The largest absolute Gasteiger partial charge is 0.483 e. The highest BCUT2D eigenvalue weighted by Crippen LogP contribution is 2.33. The fourth-order valence-electron chi connectivity index (χ4n) is 2.67. The van der Waals surface area contributed by atoms with Crippen LogP contribution in [0.5, 0.6) is 5.75 Å². The van der Waals surface area contributed by atoms with Crippen molar-refractivity contribution in [1.82, 2.24) is 0 Å². The second-order valence-corrected chi connectivity index (χ2v) is 6.91. The van der Waals surface area contributed by atoms with E-state index in [0.29, 0.717) is 0 Å². The van der Waals surface area contributed by atoms with Crippen LogP contribution >= 0.6 is 11.8 Å². The quantitative estimate of drug-likeness (QED) is 0.846. The Balaban J connectivity index is 1.74. The van der Waals surface area contributed by atoms with Crippen LogP contribution in [0, 0.1) is 13.8 Å². The fraction of sp³-hybridized carbons (Fsp3) is 0.316. The van der Waals surface area contributed by atoms with Crippen LogP contribution in [0.2, 0.25) is 0 Å². The number of carbonyl (C=O) groups is 1. The lowest BCUT2D eigenvalue weighted by Gasteiger charge is -2.22. The van der Waals surface area contributed by atoms with Gasteiger partial charge >= 0.3 is 0 Å². The molecule has 0 aliphatic carbocycles. The van der Waals surface area contributed by atoms with Crippen LogP contribution in [0.4, 0.5) is 5.69 Å². The van der Waals surface area contributed by atoms with Gasteiger partial charge in [-0.3, -0.25) is 4.79 Å². The number of amides is 1. The Labute approximate surface area is 141 Å². The van der Waals surface area contributed by atoms with Gasteiger partial charge in [-0.25, -0.2) is 0 Å². The molecule has 120 valence electrons. The number of hydrogen-bond donors (Lipinski definition) is 0. The number of hydrogen-bond acceptors (Lipinski definition) is 3. The van der Waals surface area contributed by atoms with Crippen molar-refractivity contribution < 1.29 is 9.53 Å². The molecule has 2 aromatic rings. The van der Waals surface area contributed by atoms with E-state index in [1.807, 2.05) is 66.9 Å². The topological polar surface area (TPSA) is 29.5 Å². The van der Waals surface area contributed by atoms with Gasteiger partial charge in [0.05, 0.1) is 5.69 Å². The molecule has 0 unspecified atom stereocenters. The van der Waals surface area contributed by atoms with Gasteiger partial charge in [0.2, 0.25) is 0 Å². The smallest absolute Gasteiger partial charge is 0.264 e. The normalized spacial score (nSPS) is 14.1. The molecule has 4 heteroatoms. The summed E-state index contributed by atoms with van der Waals surface area (Å²) in [4.78, 5) is 15.7. The second kappa shape index (κ2) is 7.09. The van der Waals surface area contributed by atoms with Crippen molar-refractivity contribution in [1.29, 1.82) is 0 Å². The highest BCUT2D eigenvalue weighted by Gasteiger charge is 2.21. The third kappa shape index (κ3) is 3.70. The van der Waals surface area contributed by atoms with Crippen LogP contribution in [0.25, 0.3) is 0 Å². The van der Waals surface area contributed by atoms with Gasteiger partial charge in [0, 0.05) is 11.4 Å². The molecule has 0 spiro atoms. The van der Waals surface area contributed by atoms with E-state index in [4.69, 9.17) is 4.74 Å². The molecular weight excluding hydrogens is 306 g/mol. The summed E-state index contributed by atoms with van der Waals surface area (Å²) in [6.07, 6.45) is 0.995. The Morgan fingerprint density at radius 1 is 1.22 bits per heavy atom. The summed E-state index contributed by atoms with van der Waals surface area (Å²) in [7, 11) is 0. The number of rotatable bonds is 3. The molecule has 0 saturated heterocycles. The molecule has 0 N–H and O–H groups in total. The lowest BCUT2D eigenvalue weighted by molar-refractivity contribution is -0.120. The maximum atomic E-state index is 12.7. The average Bonchev–Trinajstić information content (AvgIpc) is 2.78. The van der Waals surface area contributed by atoms with Gasteiger partial charge in [-0.2, -0.15) is 0 Å². The van der Waals surface area contributed by atoms with Gasteiger partial charge in [-0.1, -0.05) is 24.3 Å². The van der Waals surface area contributed by atoms with Crippen molar-refractivity contribution in [2.45, 2.75) is 25.2 Å². The average molecular weight is 327 g/mol. The van der Waals surface area contributed by atoms with Gasteiger partial charge in [0.1, 0.15) is 5.75 Å². The van der Waals surface area contributed by atoms with Crippen molar-refractivity contribution in [3.8, 4) is 5.75 Å². The summed E-state index contributed by atoms with van der Waals surface area (Å²) in [5.74, 6) is 1.84. The Bertz CT molecular complexity index is 714. The highest BCUT2D eigenvalue weighted by atomic mass is 32.2. The third-order valence-electron chi connectivity index (χ3n) is 3.94. The predicted molar refractivity (Wildman–Crippen MR) is 95.5 cm³/mol. The number of ether oxygens (including phenoxy) is 1. The minimum absolute atomic E-state index is 0.0147. The molecule has 1 aliphatic heterocycles. The molecule has 3 nitrogen and oxygen atoms in total. The van der Waals surface area contributed by atoms with E-state index < -0.39 is 0 Å². The van der Waals surface area contributed by atoms with Gasteiger partial charge < -0.3 is 9.64 Å². The molecule has 1 heterocycles. The number of anilines is 1. The molecular formula is C19H21NO2S. The van der Waals surface area contributed by atoms with Crippen LogP contribution < -0.4 is 9.64 Å². The van der Waals surface area contributed by atoms with Crippen molar-refractivity contribution in [3.63, 3.8) is 0 Å². The van der Waals surface area contributed by atoms with Crippen LogP contribution in [-0.2, 0) is 4.79 Å². The first-order chi connectivity index (χ1) is 11.1. The van der Waals surface area contributed by atoms with E-state index in [-0.39, 0.29) is 12.5 Å². The SMILES string of the molecule is Cc1ccc(C)c(OCC(=O)N2CCCSc3ccccc32)c1. The van der Waals surface area contributed by atoms with Gasteiger partial charge in [-0.05, 0) is 55.3 Å². The number of benzene rings is 2. The Morgan fingerprint density at radius 2 is 2.04 bits per heavy atom. The van der Waals surface area contributed by atoms with Crippen LogP contribution in [0.3, 0.4) is 0 Å². The Morgan fingerprint density at radius 3 is 2.91 bits per heavy atom. The lowest BCUT2D eigenvalue weighted by atomic mass is 10.1. The molecule has 23 heavy (non-hydrogen) atoms. The number of thioether (sulfide) groups is 1. The predicted octanol–water partition coefficient (Wildman–Crippen LogP) is 4.21. The van der Waals surface area contributed by atoms with E-state index >= 15 is 0 Å². The summed E-state index contributed by atoms with van der Waals surface area (Å²) < 4.78 is 5.79. The monoisotopic (exact) mass is 327 g/mol. The molecule has 1 amide bonds. The molecule has 0 fully saturated rings. The number of nitrogens with zero attached hydrogens (tertiary/aromatic N) is 1. The van der Waals surface area contributed by atoms with Crippen molar-refractivity contribution in [2.75, 3.05) is 23.8 Å². The van der Waals surface area contributed by atoms with E-state index in [9.17, 15) is 4.79 Å². The van der Waals surface area contributed by atoms with E-state index in [2.05, 4.69) is 6.07 Å². The zero-order valence-electron chi connectivity index (χ0n) is 13.5. The first-order valence-corrected chi connectivity index (χ1v) is 8.86. The standard InChI is InChI=1S/C19H21NO2S/c1-14-8-9-15(2)17(12-14)22-13-19(21)20-10-5-11-23-18-7-4-3-6-16(18)20/h3-4,6-9,12H,5,10-11,13H2,1-2H3. The lowest BCUT2D eigenvalue weighted by Crippen LogP contribution is -2.35. The van der Waals surface area contributed by atoms with Crippen molar-refractivity contribution in [3.05, 3.63) is 53.6 Å². The highest BCUT2D eigenvalue weighted by molar-refractivity contribution is 7.99. The molecule has 0 saturated carbocycles. The molecule has 1 aliphatic rings. The second-order valence-electron chi connectivity index (χ2n) is 5.77. The zero-order valence-corrected chi connectivity index (χ0v) is 14.4. The van der Waals surface area contributed by atoms with Crippen LogP contribution in [0.15, 0.2) is 47.4 Å². The summed E-state index contributed by atoms with van der Waals surface area (Å²) in [6.45, 7) is 4.84. The number of carbonyl (C=O) groups excluding carboxylic acids is 1. The summed E-state index contributed by atoms with van der Waals surface area (Å²) in [5.41, 5.74) is 3.19. The van der Waals surface area contributed by atoms with Crippen LogP contribution in [-0.4, -0.2) is 24.8 Å². The molecule has 0 radical (unpaired) electrons.